The van der Waals surface area contributed by atoms with Crippen molar-refractivity contribution in [2.24, 2.45) is 0 Å². The molecule has 3 aromatic rings. The van der Waals surface area contributed by atoms with Crippen molar-refractivity contribution >= 4 is 32.5 Å². The van der Waals surface area contributed by atoms with Crippen molar-refractivity contribution in [1.29, 1.82) is 0 Å². The topological polar surface area (TPSA) is 144 Å². The Morgan fingerprint density at radius 3 is 2.41 bits per heavy atom. The Morgan fingerprint density at radius 2 is 1.76 bits per heavy atom. The smallest absolute Gasteiger partial charge is 0.326 e. The van der Waals surface area contributed by atoms with E-state index in [9.17, 15) is 28.2 Å². The van der Waals surface area contributed by atoms with Crippen LogP contribution < -0.4 is 11.2 Å². The van der Waals surface area contributed by atoms with Gasteiger partial charge in [0.15, 0.2) is 0 Å². The van der Waals surface area contributed by atoms with Crippen LogP contribution in [0.3, 0.4) is 0 Å². The predicted molar refractivity (Wildman–Crippen MR) is 107 cm³/mol. The minimum Gasteiger partial charge on any atom is -0.395 e. The second-order valence-electron chi connectivity index (χ2n) is 6.27. The summed E-state index contributed by atoms with van der Waals surface area (Å²) >= 11 is 5.82. The summed E-state index contributed by atoms with van der Waals surface area (Å²) in [4.78, 5) is 27.6. The molecule has 0 radical (unpaired) electrons. The van der Waals surface area contributed by atoms with Crippen LogP contribution in [0.5, 0.6) is 0 Å². The van der Waals surface area contributed by atoms with Gasteiger partial charge in [0.2, 0.25) is 10.0 Å². The van der Waals surface area contributed by atoms with Crippen LogP contribution in [0.1, 0.15) is 11.7 Å². The first-order chi connectivity index (χ1) is 13.7. The van der Waals surface area contributed by atoms with Gasteiger partial charge in [0.1, 0.15) is 0 Å². The molecule has 0 saturated heterocycles. The van der Waals surface area contributed by atoms with E-state index in [4.69, 9.17) is 11.6 Å². The molecule has 29 heavy (non-hydrogen) atoms. The highest BCUT2D eigenvalue weighted by atomic mass is 35.5. The number of hydrogen-bond donors (Lipinski definition) is 4. The fraction of sp³-hybridized carbons (Fsp3) is 0.222. The summed E-state index contributed by atoms with van der Waals surface area (Å²) in [7, 11) is -4.15. The average molecular weight is 440 g/mol. The van der Waals surface area contributed by atoms with Gasteiger partial charge in [-0.15, -0.1) is 0 Å². The van der Waals surface area contributed by atoms with E-state index in [2.05, 4.69) is 4.98 Å². The van der Waals surface area contributed by atoms with E-state index in [-0.39, 0.29) is 28.9 Å². The molecule has 154 valence electrons. The third-order valence-electron chi connectivity index (χ3n) is 4.33. The van der Waals surface area contributed by atoms with Gasteiger partial charge in [0, 0.05) is 18.1 Å². The maximum atomic E-state index is 13.1. The molecule has 11 heteroatoms. The van der Waals surface area contributed by atoms with Crippen LogP contribution in [0.2, 0.25) is 5.02 Å². The third kappa shape index (κ3) is 4.57. The fourth-order valence-electron chi connectivity index (χ4n) is 2.86. The first kappa shape index (κ1) is 21.2. The van der Waals surface area contributed by atoms with Crippen LogP contribution >= 0.6 is 11.6 Å². The zero-order valence-electron chi connectivity index (χ0n) is 15.0. The lowest BCUT2D eigenvalue weighted by Crippen LogP contribution is -2.37. The number of nitrogens with zero attached hydrogens (tertiary/aromatic N) is 1. The lowest BCUT2D eigenvalue weighted by molar-refractivity contribution is 0.138. The Balaban J connectivity index is 1.97. The summed E-state index contributed by atoms with van der Waals surface area (Å²) in [6.45, 7) is -1.04. The zero-order valence-corrected chi connectivity index (χ0v) is 16.6. The highest BCUT2D eigenvalue weighted by Gasteiger charge is 2.27. The summed E-state index contributed by atoms with van der Waals surface area (Å²) in [6.07, 6.45) is -1.16. The van der Waals surface area contributed by atoms with Crippen molar-refractivity contribution < 1.29 is 18.6 Å². The van der Waals surface area contributed by atoms with Crippen molar-refractivity contribution in [2.75, 3.05) is 19.7 Å². The molecule has 0 spiro atoms. The van der Waals surface area contributed by atoms with Gasteiger partial charge in [0.05, 0.1) is 28.5 Å². The van der Waals surface area contributed by atoms with Crippen LogP contribution in [-0.4, -0.2) is 52.6 Å². The van der Waals surface area contributed by atoms with Crippen LogP contribution in [0.4, 0.5) is 0 Å². The molecule has 1 atom stereocenters. The van der Waals surface area contributed by atoms with Crippen LogP contribution in [0, 0.1) is 0 Å². The number of aliphatic hydroxyl groups excluding tert-OH is 2. The second-order valence-corrected chi connectivity index (χ2v) is 8.64. The quantitative estimate of drug-likeness (QED) is 0.424. The molecule has 2 aromatic carbocycles. The van der Waals surface area contributed by atoms with Crippen molar-refractivity contribution in [3.8, 4) is 0 Å². The van der Waals surface area contributed by atoms with Gasteiger partial charge in [-0.1, -0.05) is 23.7 Å². The standard InChI is InChI=1S/C18H18ClN3O6S/c19-12-3-1-11(2-4-12)16(24)10-22(7-8-23)29(27,28)13-5-6-15-14(9-13)17(25)21-18(26)20-15/h1-6,9,16,23-24H,7-8,10H2,(H2,20,21,25,26). The number of sulfonamides is 1. The maximum absolute atomic E-state index is 13.1. The molecule has 0 bridgehead atoms. The average Bonchev–Trinajstić information content (AvgIpc) is 2.67. The molecule has 4 N–H and O–H groups in total. The lowest BCUT2D eigenvalue weighted by Gasteiger charge is -2.24. The molecule has 3 rings (SSSR count). The molecular weight excluding hydrogens is 422 g/mol. The first-order valence-corrected chi connectivity index (χ1v) is 10.3. The molecule has 0 amide bonds. The van der Waals surface area contributed by atoms with E-state index >= 15 is 0 Å². The Bertz CT molecular complexity index is 1240. The number of aromatic amines is 2. The Morgan fingerprint density at radius 1 is 1.07 bits per heavy atom. The summed E-state index contributed by atoms with van der Waals surface area (Å²) in [5.41, 5.74) is -0.783. The number of rotatable bonds is 7. The summed E-state index contributed by atoms with van der Waals surface area (Å²) < 4.78 is 27.1. The zero-order chi connectivity index (χ0) is 21.2. The van der Waals surface area contributed by atoms with Crippen molar-refractivity contribution in [3.63, 3.8) is 0 Å². The van der Waals surface area contributed by atoms with Gasteiger partial charge in [-0.25, -0.2) is 13.2 Å². The summed E-state index contributed by atoms with van der Waals surface area (Å²) in [6, 6.07) is 9.98. The second kappa shape index (κ2) is 8.47. The molecule has 0 saturated carbocycles. The minimum absolute atomic E-state index is 0.00660. The Labute approximate surface area is 170 Å². The molecular formula is C18H18ClN3O6S. The van der Waals surface area contributed by atoms with Gasteiger partial charge < -0.3 is 15.2 Å². The molecule has 9 nitrogen and oxygen atoms in total. The predicted octanol–water partition coefficient (Wildman–Crippen LogP) is 0.586. The monoisotopic (exact) mass is 439 g/mol. The molecule has 0 fully saturated rings. The normalized spacial score (nSPS) is 13.1. The van der Waals surface area contributed by atoms with E-state index in [1.807, 2.05) is 4.98 Å². The van der Waals surface area contributed by atoms with E-state index in [1.54, 1.807) is 24.3 Å². The highest BCUT2D eigenvalue weighted by Crippen LogP contribution is 2.23. The molecule has 0 aliphatic heterocycles. The van der Waals surface area contributed by atoms with Gasteiger partial charge in [-0.05, 0) is 35.9 Å². The maximum Gasteiger partial charge on any atom is 0.326 e. The van der Waals surface area contributed by atoms with Gasteiger partial charge in [-0.3, -0.25) is 9.78 Å². The van der Waals surface area contributed by atoms with Crippen molar-refractivity contribution in [3.05, 3.63) is 73.9 Å². The third-order valence-corrected chi connectivity index (χ3v) is 6.44. The lowest BCUT2D eigenvalue weighted by atomic mass is 10.1. The number of hydrogen-bond acceptors (Lipinski definition) is 6. The van der Waals surface area contributed by atoms with Gasteiger partial charge in [-0.2, -0.15) is 4.31 Å². The number of fused-ring (bicyclic) bond motifs is 1. The molecule has 1 unspecified atom stereocenters. The molecule has 0 aliphatic carbocycles. The number of nitrogens with one attached hydrogen (secondary N) is 2. The molecule has 0 aliphatic rings. The highest BCUT2D eigenvalue weighted by molar-refractivity contribution is 7.89. The summed E-state index contributed by atoms with van der Waals surface area (Å²) in [5, 5.41) is 20.2. The minimum atomic E-state index is -4.15. The number of aromatic nitrogens is 2. The largest absolute Gasteiger partial charge is 0.395 e. The Hall–Kier alpha value is -2.50. The van der Waals surface area contributed by atoms with E-state index in [1.165, 1.54) is 12.1 Å². The van der Waals surface area contributed by atoms with Gasteiger partial charge in [0.25, 0.3) is 5.56 Å². The summed E-state index contributed by atoms with van der Waals surface area (Å²) in [5.74, 6) is 0. The number of benzene rings is 2. The SMILES string of the molecule is O=c1[nH]c(=O)c2cc(S(=O)(=O)N(CCO)CC(O)c3ccc(Cl)cc3)ccc2[nH]1. The van der Waals surface area contributed by atoms with E-state index < -0.39 is 34.0 Å². The van der Waals surface area contributed by atoms with Crippen LogP contribution in [-0.2, 0) is 10.0 Å². The number of halogens is 1. The molecule has 1 heterocycles. The van der Waals surface area contributed by atoms with E-state index in [0.29, 0.717) is 10.6 Å². The van der Waals surface area contributed by atoms with Crippen molar-refractivity contribution in [2.45, 2.75) is 11.0 Å². The number of aliphatic hydroxyl groups is 2. The first-order valence-electron chi connectivity index (χ1n) is 8.53. The fourth-order valence-corrected chi connectivity index (χ4v) is 4.45. The van der Waals surface area contributed by atoms with E-state index in [0.717, 1.165) is 10.4 Å². The van der Waals surface area contributed by atoms with Crippen molar-refractivity contribution in [1.82, 2.24) is 14.3 Å². The van der Waals surface area contributed by atoms with Crippen LogP contribution in [0.15, 0.2) is 56.9 Å². The van der Waals surface area contributed by atoms with Crippen LogP contribution in [0.25, 0.3) is 10.9 Å². The Kier molecular flexibility index (Phi) is 6.20. The molecule has 1 aromatic heterocycles. The van der Waals surface area contributed by atoms with Gasteiger partial charge >= 0.3 is 5.69 Å². The number of H-pyrrole nitrogens is 2.